The van der Waals surface area contributed by atoms with E-state index in [4.69, 9.17) is 5.73 Å². The summed E-state index contributed by atoms with van der Waals surface area (Å²) in [7, 11) is 2.19. The lowest BCUT2D eigenvalue weighted by molar-refractivity contribution is -0.122. The van der Waals surface area contributed by atoms with Crippen LogP contribution in [0, 0.1) is 0 Å². The van der Waals surface area contributed by atoms with Gasteiger partial charge in [-0.25, -0.2) is 0 Å². The van der Waals surface area contributed by atoms with E-state index in [0.29, 0.717) is 6.42 Å². The summed E-state index contributed by atoms with van der Waals surface area (Å²) in [5.41, 5.74) is 5.89. The van der Waals surface area contributed by atoms with E-state index in [-0.39, 0.29) is 17.5 Å². The molecular formula is C16H32N4O. The first-order valence-electron chi connectivity index (χ1n) is 8.48. The van der Waals surface area contributed by atoms with Gasteiger partial charge >= 0.3 is 0 Å². The van der Waals surface area contributed by atoms with E-state index < -0.39 is 0 Å². The van der Waals surface area contributed by atoms with Crippen molar-refractivity contribution in [3.63, 3.8) is 0 Å². The Morgan fingerprint density at radius 3 is 2.38 bits per heavy atom. The van der Waals surface area contributed by atoms with Gasteiger partial charge in [-0.2, -0.15) is 0 Å². The minimum atomic E-state index is -0.0616. The van der Waals surface area contributed by atoms with E-state index in [2.05, 4.69) is 22.2 Å². The van der Waals surface area contributed by atoms with Crippen LogP contribution in [-0.4, -0.2) is 67.1 Å². The Morgan fingerprint density at radius 2 is 1.81 bits per heavy atom. The third kappa shape index (κ3) is 4.66. The standard InChI is InChI=1S/C16H32N4O/c1-14(17)12-15(21)18-13-16(6-10-19(2)11-7-16)20-8-4-3-5-9-20/h14H,3-13,17H2,1-2H3,(H,18,21). The molecule has 5 nitrogen and oxygen atoms in total. The molecule has 0 aromatic rings. The number of rotatable bonds is 5. The number of piperidine rings is 2. The van der Waals surface area contributed by atoms with Crippen molar-refractivity contribution in [2.45, 2.75) is 57.0 Å². The van der Waals surface area contributed by atoms with Crippen molar-refractivity contribution >= 4 is 5.91 Å². The lowest BCUT2D eigenvalue weighted by atomic mass is 9.84. The molecule has 0 saturated carbocycles. The second-order valence-electron chi connectivity index (χ2n) is 7.03. The molecule has 0 aliphatic carbocycles. The molecule has 1 amide bonds. The number of carbonyl (C=O) groups excluding carboxylic acids is 1. The van der Waals surface area contributed by atoms with Crippen molar-refractivity contribution < 1.29 is 4.79 Å². The zero-order valence-electron chi connectivity index (χ0n) is 13.7. The molecule has 0 radical (unpaired) electrons. The van der Waals surface area contributed by atoms with E-state index >= 15 is 0 Å². The first-order valence-corrected chi connectivity index (χ1v) is 8.48. The van der Waals surface area contributed by atoms with Crippen LogP contribution in [0.4, 0.5) is 0 Å². The molecule has 2 aliphatic rings. The Labute approximate surface area is 129 Å². The summed E-state index contributed by atoms with van der Waals surface area (Å²) < 4.78 is 0. The van der Waals surface area contributed by atoms with Crippen molar-refractivity contribution in [1.82, 2.24) is 15.1 Å². The fourth-order valence-electron chi connectivity index (χ4n) is 3.64. The van der Waals surface area contributed by atoms with Crippen molar-refractivity contribution in [2.24, 2.45) is 5.73 Å². The van der Waals surface area contributed by atoms with Crippen LogP contribution in [0.1, 0.15) is 45.4 Å². The van der Waals surface area contributed by atoms with Gasteiger partial charge in [-0.3, -0.25) is 9.69 Å². The minimum Gasteiger partial charge on any atom is -0.354 e. The molecule has 0 bridgehead atoms. The fraction of sp³-hybridized carbons (Fsp3) is 0.938. The van der Waals surface area contributed by atoms with E-state index in [1.54, 1.807) is 0 Å². The summed E-state index contributed by atoms with van der Waals surface area (Å²) in [6.07, 6.45) is 6.68. The number of amides is 1. The fourth-order valence-corrected chi connectivity index (χ4v) is 3.64. The summed E-state index contributed by atoms with van der Waals surface area (Å²) in [4.78, 5) is 17.0. The van der Waals surface area contributed by atoms with Crippen LogP contribution in [0.2, 0.25) is 0 Å². The molecule has 0 spiro atoms. The van der Waals surface area contributed by atoms with E-state index in [1.807, 2.05) is 6.92 Å². The monoisotopic (exact) mass is 296 g/mol. The average Bonchev–Trinajstić information content (AvgIpc) is 2.47. The molecule has 2 fully saturated rings. The van der Waals surface area contributed by atoms with Gasteiger partial charge in [0.25, 0.3) is 0 Å². The Kier molecular flexibility index (Phi) is 6.02. The molecule has 1 unspecified atom stereocenters. The van der Waals surface area contributed by atoms with Gasteiger partial charge in [0.2, 0.25) is 5.91 Å². The number of hydrogen-bond donors (Lipinski definition) is 2. The Bertz CT molecular complexity index is 331. The average molecular weight is 296 g/mol. The maximum Gasteiger partial charge on any atom is 0.221 e. The highest BCUT2D eigenvalue weighted by Gasteiger charge is 2.39. The van der Waals surface area contributed by atoms with Gasteiger partial charge in [0, 0.05) is 24.5 Å². The molecule has 2 saturated heterocycles. The van der Waals surface area contributed by atoms with Crippen LogP contribution >= 0.6 is 0 Å². The maximum absolute atomic E-state index is 12.0. The Balaban J connectivity index is 1.96. The van der Waals surface area contributed by atoms with Gasteiger partial charge < -0.3 is 16.0 Å². The van der Waals surface area contributed by atoms with E-state index in [9.17, 15) is 4.79 Å². The third-order valence-corrected chi connectivity index (χ3v) is 5.07. The molecule has 5 heteroatoms. The number of nitrogens with one attached hydrogen (secondary N) is 1. The lowest BCUT2D eigenvalue weighted by Crippen LogP contribution is -2.61. The zero-order chi connectivity index (χ0) is 15.3. The van der Waals surface area contributed by atoms with E-state index in [0.717, 1.165) is 32.5 Å². The van der Waals surface area contributed by atoms with E-state index in [1.165, 1.54) is 32.4 Å². The number of likely N-dealkylation sites (tertiary alicyclic amines) is 2. The van der Waals surface area contributed by atoms with Crippen molar-refractivity contribution in [3.8, 4) is 0 Å². The summed E-state index contributed by atoms with van der Waals surface area (Å²) in [5, 5.41) is 3.16. The normalized spacial score (nSPS) is 25.5. The summed E-state index contributed by atoms with van der Waals surface area (Å²) in [6.45, 7) is 7.29. The molecular weight excluding hydrogens is 264 g/mol. The molecule has 0 aromatic heterocycles. The number of nitrogens with two attached hydrogens (primary N) is 1. The van der Waals surface area contributed by atoms with Crippen LogP contribution in [0.15, 0.2) is 0 Å². The quantitative estimate of drug-likeness (QED) is 0.787. The number of nitrogens with zero attached hydrogens (tertiary/aromatic N) is 2. The van der Waals surface area contributed by atoms with Gasteiger partial charge in [-0.15, -0.1) is 0 Å². The third-order valence-electron chi connectivity index (χ3n) is 5.07. The van der Waals surface area contributed by atoms with Gasteiger partial charge in [-0.05, 0) is 65.8 Å². The second kappa shape index (κ2) is 7.56. The molecule has 2 heterocycles. The molecule has 122 valence electrons. The van der Waals surface area contributed by atoms with Crippen LogP contribution in [0.3, 0.4) is 0 Å². The van der Waals surface area contributed by atoms with Gasteiger partial charge in [-0.1, -0.05) is 6.42 Å². The summed E-state index contributed by atoms with van der Waals surface area (Å²) in [5.74, 6) is 0.0975. The van der Waals surface area contributed by atoms with Crippen LogP contribution in [0.25, 0.3) is 0 Å². The predicted molar refractivity (Wildman–Crippen MR) is 86.2 cm³/mol. The largest absolute Gasteiger partial charge is 0.354 e. The Hall–Kier alpha value is -0.650. The summed E-state index contributed by atoms with van der Waals surface area (Å²) >= 11 is 0. The molecule has 3 N–H and O–H groups in total. The van der Waals surface area contributed by atoms with Gasteiger partial charge in [0.1, 0.15) is 0 Å². The van der Waals surface area contributed by atoms with Crippen molar-refractivity contribution in [1.29, 1.82) is 0 Å². The number of hydrogen-bond acceptors (Lipinski definition) is 4. The first-order chi connectivity index (χ1) is 10.0. The van der Waals surface area contributed by atoms with Crippen LogP contribution in [0.5, 0.6) is 0 Å². The van der Waals surface area contributed by atoms with Crippen molar-refractivity contribution in [2.75, 3.05) is 39.8 Å². The van der Waals surface area contributed by atoms with Gasteiger partial charge in [0.05, 0.1) is 0 Å². The first kappa shape index (κ1) is 16.7. The zero-order valence-corrected chi connectivity index (χ0v) is 13.7. The topological polar surface area (TPSA) is 61.6 Å². The SMILES string of the molecule is CC(N)CC(=O)NCC1(N2CCCCC2)CCN(C)CC1. The highest BCUT2D eigenvalue weighted by atomic mass is 16.1. The number of carbonyl (C=O) groups is 1. The minimum absolute atomic E-state index is 0.0616. The molecule has 0 aromatic carbocycles. The summed E-state index contributed by atoms with van der Waals surface area (Å²) in [6, 6.07) is -0.0616. The van der Waals surface area contributed by atoms with Crippen LogP contribution < -0.4 is 11.1 Å². The molecule has 2 rings (SSSR count). The second-order valence-corrected chi connectivity index (χ2v) is 7.03. The molecule has 2 aliphatic heterocycles. The van der Waals surface area contributed by atoms with Gasteiger partial charge in [0.15, 0.2) is 0 Å². The maximum atomic E-state index is 12.0. The Morgan fingerprint density at radius 1 is 1.19 bits per heavy atom. The highest BCUT2D eigenvalue weighted by molar-refractivity contribution is 5.76. The lowest BCUT2D eigenvalue weighted by Gasteiger charge is -2.50. The molecule has 1 atom stereocenters. The van der Waals surface area contributed by atoms with Crippen molar-refractivity contribution in [3.05, 3.63) is 0 Å². The predicted octanol–water partition coefficient (Wildman–Crippen LogP) is 0.790. The molecule has 21 heavy (non-hydrogen) atoms. The van der Waals surface area contributed by atoms with Crippen LogP contribution in [-0.2, 0) is 4.79 Å². The smallest absolute Gasteiger partial charge is 0.221 e. The highest BCUT2D eigenvalue weighted by Crippen LogP contribution is 2.30.